The first kappa shape index (κ1) is 18.4. The van der Waals surface area contributed by atoms with E-state index in [-0.39, 0.29) is 5.75 Å². The molecule has 3 aromatic rings. The molecule has 0 aliphatic rings. The minimum absolute atomic E-state index is 0.0900. The number of benzene rings is 2. The van der Waals surface area contributed by atoms with Crippen molar-refractivity contribution in [1.29, 1.82) is 0 Å². The predicted molar refractivity (Wildman–Crippen MR) is 99.5 cm³/mol. The van der Waals surface area contributed by atoms with Gasteiger partial charge in [-0.25, -0.2) is 13.8 Å². The zero-order chi connectivity index (χ0) is 19.4. The number of nitrogens with zero attached hydrogens (tertiary/aromatic N) is 1. The number of halogens is 2. The molecule has 0 aliphatic carbocycles. The molecular formula is C19H18F2N4O2. The van der Waals surface area contributed by atoms with Gasteiger partial charge in [-0.1, -0.05) is 6.07 Å². The molecular weight excluding hydrogens is 354 g/mol. The Hall–Kier alpha value is -3.39. The van der Waals surface area contributed by atoms with E-state index in [1.54, 1.807) is 18.3 Å². The van der Waals surface area contributed by atoms with Gasteiger partial charge in [0.1, 0.15) is 11.5 Å². The van der Waals surface area contributed by atoms with E-state index >= 15 is 0 Å². The van der Waals surface area contributed by atoms with E-state index in [0.29, 0.717) is 28.7 Å². The molecule has 27 heavy (non-hydrogen) atoms. The molecule has 0 atom stereocenters. The van der Waals surface area contributed by atoms with E-state index in [2.05, 4.69) is 15.7 Å². The fourth-order valence-electron chi connectivity index (χ4n) is 2.49. The van der Waals surface area contributed by atoms with Gasteiger partial charge in [-0.3, -0.25) is 5.84 Å². The van der Waals surface area contributed by atoms with Gasteiger partial charge in [0, 0.05) is 12.3 Å². The van der Waals surface area contributed by atoms with Crippen molar-refractivity contribution in [3.05, 3.63) is 65.9 Å². The molecule has 0 unspecified atom stereocenters. The van der Waals surface area contributed by atoms with Crippen LogP contribution in [0.25, 0.3) is 0 Å². The topological polar surface area (TPSA) is 81.4 Å². The number of nitrogens with two attached hydrogens (primary N) is 1. The minimum Gasteiger partial charge on any atom is -0.479 e. The number of aryl methyl sites for hydroxylation is 1. The highest BCUT2D eigenvalue weighted by atomic mass is 19.1. The highest BCUT2D eigenvalue weighted by molar-refractivity contribution is 5.79. The quantitative estimate of drug-likeness (QED) is 0.437. The molecule has 0 bridgehead atoms. The fourth-order valence-corrected chi connectivity index (χ4v) is 2.49. The van der Waals surface area contributed by atoms with Crippen LogP contribution in [0.2, 0.25) is 0 Å². The van der Waals surface area contributed by atoms with Crippen LogP contribution in [0.1, 0.15) is 5.56 Å². The first-order chi connectivity index (χ1) is 13.0. The number of methoxy groups -OCH3 is 1. The molecule has 3 rings (SSSR count). The maximum atomic E-state index is 14.0. The van der Waals surface area contributed by atoms with Gasteiger partial charge < -0.3 is 20.2 Å². The van der Waals surface area contributed by atoms with Crippen molar-refractivity contribution in [2.45, 2.75) is 6.92 Å². The lowest BCUT2D eigenvalue weighted by molar-refractivity contribution is 0.400. The van der Waals surface area contributed by atoms with Crippen molar-refractivity contribution in [3.63, 3.8) is 0 Å². The lowest BCUT2D eigenvalue weighted by Crippen LogP contribution is -2.11. The zero-order valence-electron chi connectivity index (χ0n) is 14.7. The number of rotatable bonds is 6. The zero-order valence-corrected chi connectivity index (χ0v) is 14.7. The largest absolute Gasteiger partial charge is 0.479 e. The molecule has 1 aromatic heterocycles. The molecule has 6 nitrogen and oxygen atoms in total. The Kier molecular flexibility index (Phi) is 5.37. The molecule has 0 saturated heterocycles. The molecule has 8 heteroatoms. The molecule has 0 radical (unpaired) electrons. The van der Waals surface area contributed by atoms with Gasteiger partial charge in [0.25, 0.3) is 0 Å². The standard InChI is InChI=1S/C19H18F2N4O2/c1-11-3-5-17(27-16-6-4-12(20)10-13(16)21)15(9-11)24-14-7-8-23-19(26-2)18(14)25-22/h3-10,25H,22H2,1-2H3,(H,23,24). The number of hydrogen-bond acceptors (Lipinski definition) is 6. The molecule has 0 spiro atoms. The van der Waals surface area contributed by atoms with Crippen LogP contribution >= 0.6 is 0 Å². The molecule has 0 aliphatic heterocycles. The normalized spacial score (nSPS) is 10.4. The Morgan fingerprint density at radius 2 is 1.78 bits per heavy atom. The molecule has 0 saturated carbocycles. The monoisotopic (exact) mass is 372 g/mol. The Balaban J connectivity index is 1.98. The summed E-state index contributed by atoms with van der Waals surface area (Å²) >= 11 is 0. The van der Waals surface area contributed by atoms with Crippen LogP contribution in [0.15, 0.2) is 48.7 Å². The fraction of sp³-hybridized carbons (Fsp3) is 0.105. The van der Waals surface area contributed by atoms with Crippen LogP contribution in [0.4, 0.5) is 25.8 Å². The van der Waals surface area contributed by atoms with E-state index in [4.69, 9.17) is 15.3 Å². The van der Waals surface area contributed by atoms with Crippen LogP contribution < -0.4 is 26.1 Å². The van der Waals surface area contributed by atoms with Gasteiger partial charge in [-0.05, 0) is 42.8 Å². The van der Waals surface area contributed by atoms with Gasteiger partial charge in [0.05, 0.1) is 18.5 Å². The maximum Gasteiger partial charge on any atom is 0.240 e. The molecule has 0 amide bonds. The van der Waals surface area contributed by atoms with Crippen molar-refractivity contribution in [2.75, 3.05) is 17.9 Å². The van der Waals surface area contributed by atoms with E-state index in [1.807, 2.05) is 19.1 Å². The van der Waals surface area contributed by atoms with E-state index in [1.165, 1.54) is 13.2 Å². The lowest BCUT2D eigenvalue weighted by Gasteiger charge is -2.17. The number of nitrogen functional groups attached to an aromatic ring is 1. The van der Waals surface area contributed by atoms with Crippen LogP contribution in [-0.2, 0) is 0 Å². The Morgan fingerprint density at radius 1 is 1.00 bits per heavy atom. The van der Waals surface area contributed by atoms with Gasteiger partial charge in [-0.15, -0.1) is 0 Å². The third kappa shape index (κ3) is 4.06. The van der Waals surface area contributed by atoms with Crippen LogP contribution in [-0.4, -0.2) is 12.1 Å². The van der Waals surface area contributed by atoms with Crippen LogP contribution in [0, 0.1) is 18.6 Å². The summed E-state index contributed by atoms with van der Waals surface area (Å²) in [4.78, 5) is 4.08. The number of aromatic nitrogens is 1. The van der Waals surface area contributed by atoms with E-state index in [9.17, 15) is 8.78 Å². The lowest BCUT2D eigenvalue weighted by atomic mass is 10.2. The number of anilines is 3. The second-order valence-electron chi connectivity index (χ2n) is 5.69. The average Bonchev–Trinajstić information content (AvgIpc) is 2.65. The smallest absolute Gasteiger partial charge is 0.240 e. The molecule has 1 heterocycles. The summed E-state index contributed by atoms with van der Waals surface area (Å²) in [6.45, 7) is 1.91. The summed E-state index contributed by atoms with van der Waals surface area (Å²) in [5.41, 5.74) is 5.08. The molecule has 0 fully saturated rings. The third-order valence-corrected chi connectivity index (χ3v) is 3.77. The highest BCUT2D eigenvalue weighted by Crippen LogP contribution is 2.37. The van der Waals surface area contributed by atoms with Gasteiger partial charge in [-0.2, -0.15) is 0 Å². The molecule has 140 valence electrons. The molecule has 4 N–H and O–H groups in total. The van der Waals surface area contributed by atoms with Gasteiger partial charge in [0.15, 0.2) is 17.3 Å². The number of hydrogen-bond donors (Lipinski definition) is 3. The third-order valence-electron chi connectivity index (χ3n) is 3.77. The van der Waals surface area contributed by atoms with Crippen LogP contribution in [0.3, 0.4) is 0 Å². The van der Waals surface area contributed by atoms with Crippen molar-refractivity contribution >= 4 is 17.1 Å². The summed E-state index contributed by atoms with van der Waals surface area (Å²) in [6, 6.07) is 10.2. The first-order valence-corrected chi connectivity index (χ1v) is 8.02. The van der Waals surface area contributed by atoms with E-state index < -0.39 is 11.6 Å². The van der Waals surface area contributed by atoms with Crippen molar-refractivity contribution in [3.8, 4) is 17.4 Å². The SMILES string of the molecule is COc1nccc(Nc2cc(C)ccc2Oc2ccc(F)cc2F)c1NN. The Bertz CT molecular complexity index is 966. The van der Waals surface area contributed by atoms with Gasteiger partial charge in [0.2, 0.25) is 5.88 Å². The van der Waals surface area contributed by atoms with E-state index in [0.717, 1.165) is 17.7 Å². The Morgan fingerprint density at radius 3 is 2.48 bits per heavy atom. The summed E-state index contributed by atoms with van der Waals surface area (Å²) in [5, 5.41) is 3.17. The summed E-state index contributed by atoms with van der Waals surface area (Å²) < 4.78 is 37.9. The average molecular weight is 372 g/mol. The number of hydrazine groups is 1. The predicted octanol–water partition coefficient (Wildman–Crippen LogP) is 4.50. The molecule has 2 aromatic carbocycles. The summed E-state index contributed by atoms with van der Waals surface area (Å²) in [6.07, 6.45) is 1.55. The van der Waals surface area contributed by atoms with Crippen molar-refractivity contribution < 1.29 is 18.3 Å². The Labute approximate surface area is 154 Å². The second kappa shape index (κ2) is 7.88. The van der Waals surface area contributed by atoms with Crippen LogP contribution in [0.5, 0.6) is 17.4 Å². The number of pyridine rings is 1. The summed E-state index contributed by atoms with van der Waals surface area (Å²) in [7, 11) is 1.48. The summed E-state index contributed by atoms with van der Waals surface area (Å²) in [5.74, 6) is 4.68. The number of ether oxygens (including phenoxy) is 2. The second-order valence-corrected chi connectivity index (χ2v) is 5.69. The minimum atomic E-state index is -0.795. The highest BCUT2D eigenvalue weighted by Gasteiger charge is 2.14. The van der Waals surface area contributed by atoms with Crippen molar-refractivity contribution in [1.82, 2.24) is 4.98 Å². The first-order valence-electron chi connectivity index (χ1n) is 8.02. The maximum absolute atomic E-state index is 14.0. The van der Waals surface area contributed by atoms with Gasteiger partial charge >= 0.3 is 0 Å². The number of nitrogens with one attached hydrogen (secondary N) is 2. The van der Waals surface area contributed by atoms with Crippen molar-refractivity contribution in [2.24, 2.45) is 5.84 Å².